The van der Waals surface area contributed by atoms with Gasteiger partial charge in [-0.05, 0) is 37.7 Å². The molecule has 2 aromatic rings. The highest BCUT2D eigenvalue weighted by Gasteiger charge is 2.25. The molecule has 0 amide bonds. The molecule has 148 valence electrons. The smallest absolute Gasteiger partial charge is 0.187 e. The van der Waals surface area contributed by atoms with Crippen LogP contribution in [-0.2, 0) is 28.9 Å². The highest BCUT2D eigenvalue weighted by molar-refractivity contribution is 7.19. The first-order chi connectivity index (χ1) is 13.1. The maximum Gasteiger partial charge on any atom is 0.187 e. The maximum atomic E-state index is 5.49. The van der Waals surface area contributed by atoms with Crippen LogP contribution in [0.2, 0.25) is 0 Å². The minimum Gasteiger partial charge on any atom is -0.383 e. The summed E-state index contributed by atoms with van der Waals surface area (Å²) >= 11 is 1.88. The number of aryl methyl sites for hydroxylation is 1. The van der Waals surface area contributed by atoms with E-state index in [2.05, 4.69) is 19.2 Å². The predicted molar refractivity (Wildman–Crippen MR) is 109 cm³/mol. The Labute approximate surface area is 165 Å². The summed E-state index contributed by atoms with van der Waals surface area (Å²) in [6.07, 6.45) is 3.57. The number of methoxy groups -OCH3 is 1. The molecule has 3 heterocycles. The lowest BCUT2D eigenvalue weighted by molar-refractivity contribution is -0.922. The molecule has 6 nitrogen and oxygen atoms in total. The van der Waals surface area contributed by atoms with Crippen LogP contribution in [0.4, 0.5) is 5.82 Å². The summed E-state index contributed by atoms with van der Waals surface area (Å²) < 4.78 is 10.8. The van der Waals surface area contributed by atoms with E-state index in [9.17, 15) is 0 Å². The number of aromatic nitrogens is 2. The molecule has 4 rings (SSSR count). The van der Waals surface area contributed by atoms with Crippen molar-refractivity contribution < 1.29 is 14.4 Å². The Morgan fingerprint density at radius 1 is 1.33 bits per heavy atom. The standard InChI is InChI=1S/C20H30N4O2S/c1-13-4-5-15-16(10-13)27-20-18(15)19(21-14(2)12-25-3)22-17(23-20)11-24-6-8-26-9-7-24/h13-14H,4-12H2,1-3H3,(H,21,22,23)/p+1/t13-,14+/m0/s1. The Hall–Kier alpha value is -1.28. The van der Waals surface area contributed by atoms with E-state index >= 15 is 0 Å². The van der Waals surface area contributed by atoms with Gasteiger partial charge in [0.15, 0.2) is 5.82 Å². The Balaban J connectivity index is 1.70. The van der Waals surface area contributed by atoms with Crippen molar-refractivity contribution >= 4 is 27.4 Å². The number of hydrogen-bond donors (Lipinski definition) is 2. The first-order valence-electron chi connectivity index (χ1n) is 10.1. The van der Waals surface area contributed by atoms with Gasteiger partial charge in [0.05, 0.1) is 25.2 Å². The van der Waals surface area contributed by atoms with Crippen LogP contribution < -0.4 is 10.2 Å². The largest absolute Gasteiger partial charge is 0.383 e. The van der Waals surface area contributed by atoms with Gasteiger partial charge in [0.25, 0.3) is 0 Å². The summed E-state index contributed by atoms with van der Waals surface area (Å²) in [4.78, 5) is 14.1. The zero-order valence-corrected chi connectivity index (χ0v) is 17.5. The van der Waals surface area contributed by atoms with Gasteiger partial charge in [-0.3, -0.25) is 0 Å². The molecule has 0 bridgehead atoms. The quantitative estimate of drug-likeness (QED) is 0.785. The van der Waals surface area contributed by atoms with Crippen molar-refractivity contribution in [2.75, 3.05) is 45.3 Å². The van der Waals surface area contributed by atoms with Gasteiger partial charge in [-0.15, -0.1) is 11.3 Å². The Bertz CT molecular complexity index is 788. The van der Waals surface area contributed by atoms with Crippen LogP contribution in [0.3, 0.4) is 0 Å². The van der Waals surface area contributed by atoms with Crippen LogP contribution in [0.15, 0.2) is 0 Å². The molecule has 1 fully saturated rings. The van der Waals surface area contributed by atoms with Gasteiger partial charge >= 0.3 is 0 Å². The second kappa shape index (κ2) is 8.39. The molecule has 0 spiro atoms. The average Bonchev–Trinajstić information content (AvgIpc) is 3.00. The number of quaternary nitrogens is 1. The van der Waals surface area contributed by atoms with Crippen LogP contribution in [0.25, 0.3) is 10.2 Å². The minimum atomic E-state index is 0.217. The monoisotopic (exact) mass is 391 g/mol. The van der Waals surface area contributed by atoms with Crippen molar-refractivity contribution in [1.29, 1.82) is 0 Å². The van der Waals surface area contributed by atoms with E-state index in [1.807, 2.05) is 11.3 Å². The Morgan fingerprint density at radius 3 is 2.93 bits per heavy atom. The summed E-state index contributed by atoms with van der Waals surface area (Å²) in [5.41, 5.74) is 1.48. The number of thiophene rings is 1. The average molecular weight is 392 g/mol. The van der Waals surface area contributed by atoms with Crippen molar-refractivity contribution in [3.63, 3.8) is 0 Å². The second-order valence-electron chi connectivity index (χ2n) is 8.06. The molecule has 0 aromatic carbocycles. The molecule has 0 saturated carbocycles. The molecule has 7 heteroatoms. The number of fused-ring (bicyclic) bond motifs is 3. The maximum absolute atomic E-state index is 5.49. The number of nitrogens with one attached hydrogen (secondary N) is 2. The topological polar surface area (TPSA) is 60.7 Å². The molecule has 2 aromatic heterocycles. The van der Waals surface area contributed by atoms with Crippen molar-refractivity contribution in [2.24, 2.45) is 5.92 Å². The van der Waals surface area contributed by atoms with Gasteiger partial charge in [0.2, 0.25) is 0 Å². The van der Waals surface area contributed by atoms with Gasteiger partial charge in [-0.1, -0.05) is 6.92 Å². The number of morpholine rings is 1. The highest BCUT2D eigenvalue weighted by atomic mass is 32.1. The van der Waals surface area contributed by atoms with Gasteiger partial charge in [-0.25, -0.2) is 9.97 Å². The molecular formula is C20H31N4O2S+. The summed E-state index contributed by atoms with van der Waals surface area (Å²) in [6.45, 7) is 9.75. The number of nitrogens with zero attached hydrogens (tertiary/aromatic N) is 2. The first kappa shape index (κ1) is 19.1. The SMILES string of the molecule is COC[C@@H](C)Nc1nc(C[NH+]2CCOCC2)nc2sc3c(c12)CC[C@H](C)C3. The lowest BCUT2D eigenvalue weighted by Crippen LogP contribution is -3.12. The molecular weight excluding hydrogens is 360 g/mol. The lowest BCUT2D eigenvalue weighted by atomic mass is 9.89. The summed E-state index contributed by atoms with van der Waals surface area (Å²) in [6, 6.07) is 0.217. The number of rotatable bonds is 6. The summed E-state index contributed by atoms with van der Waals surface area (Å²) in [7, 11) is 1.74. The molecule has 1 saturated heterocycles. The Kier molecular flexibility index (Phi) is 5.92. The molecule has 2 atom stereocenters. The third kappa shape index (κ3) is 4.26. The molecule has 1 aliphatic carbocycles. The molecule has 1 aliphatic heterocycles. The van der Waals surface area contributed by atoms with Crippen LogP contribution in [0, 0.1) is 5.92 Å². The molecule has 0 unspecified atom stereocenters. The fourth-order valence-corrected chi connectivity index (χ4v) is 5.56. The Morgan fingerprint density at radius 2 is 2.15 bits per heavy atom. The van der Waals surface area contributed by atoms with E-state index in [4.69, 9.17) is 19.4 Å². The minimum absolute atomic E-state index is 0.217. The fraction of sp³-hybridized carbons (Fsp3) is 0.700. The lowest BCUT2D eigenvalue weighted by Gasteiger charge is -2.23. The molecule has 2 aliphatic rings. The van der Waals surface area contributed by atoms with E-state index < -0.39 is 0 Å². The molecule has 2 N–H and O–H groups in total. The zero-order valence-electron chi connectivity index (χ0n) is 16.6. The van der Waals surface area contributed by atoms with Crippen LogP contribution in [0.1, 0.15) is 36.5 Å². The van der Waals surface area contributed by atoms with Gasteiger partial charge in [0.1, 0.15) is 30.3 Å². The van der Waals surface area contributed by atoms with Crippen molar-refractivity contribution in [2.45, 2.75) is 45.7 Å². The predicted octanol–water partition coefficient (Wildman–Crippen LogP) is 1.68. The van der Waals surface area contributed by atoms with E-state index in [1.54, 1.807) is 7.11 Å². The van der Waals surface area contributed by atoms with E-state index in [0.29, 0.717) is 6.61 Å². The zero-order chi connectivity index (χ0) is 18.8. The van der Waals surface area contributed by atoms with E-state index in [1.165, 1.54) is 33.6 Å². The van der Waals surface area contributed by atoms with Crippen LogP contribution in [0.5, 0.6) is 0 Å². The molecule has 27 heavy (non-hydrogen) atoms. The van der Waals surface area contributed by atoms with Crippen LogP contribution in [-0.4, -0.2) is 56.0 Å². The third-order valence-corrected chi connectivity index (χ3v) is 6.76. The van der Waals surface area contributed by atoms with Crippen molar-refractivity contribution in [3.05, 3.63) is 16.3 Å². The van der Waals surface area contributed by atoms with Gasteiger partial charge in [-0.2, -0.15) is 0 Å². The van der Waals surface area contributed by atoms with Gasteiger partial charge in [0, 0.05) is 18.0 Å². The fourth-order valence-electron chi connectivity index (χ4n) is 4.16. The van der Waals surface area contributed by atoms with Crippen molar-refractivity contribution in [1.82, 2.24) is 9.97 Å². The van der Waals surface area contributed by atoms with Gasteiger partial charge < -0.3 is 19.7 Å². The normalized spacial score (nSPS) is 22.0. The second-order valence-corrected chi connectivity index (χ2v) is 9.14. The van der Waals surface area contributed by atoms with Crippen molar-refractivity contribution in [3.8, 4) is 0 Å². The first-order valence-corrected chi connectivity index (χ1v) is 10.9. The van der Waals surface area contributed by atoms with E-state index in [-0.39, 0.29) is 6.04 Å². The summed E-state index contributed by atoms with van der Waals surface area (Å²) in [5.74, 6) is 2.71. The summed E-state index contributed by atoms with van der Waals surface area (Å²) in [5, 5.41) is 4.86. The highest BCUT2D eigenvalue weighted by Crippen LogP contribution is 2.40. The number of hydrogen-bond acceptors (Lipinski definition) is 6. The third-order valence-electron chi connectivity index (χ3n) is 5.61. The number of ether oxygens (including phenoxy) is 2. The molecule has 0 radical (unpaired) electrons. The van der Waals surface area contributed by atoms with Crippen LogP contribution >= 0.6 is 11.3 Å². The number of anilines is 1. The van der Waals surface area contributed by atoms with E-state index in [0.717, 1.165) is 61.7 Å².